The maximum absolute atomic E-state index is 8.83. The van der Waals surface area contributed by atoms with Crippen molar-refractivity contribution in [3.8, 4) is 67.5 Å². The molecule has 1 aliphatic rings. The van der Waals surface area contributed by atoms with Gasteiger partial charge in [-0.1, -0.05) is 153 Å². The van der Waals surface area contributed by atoms with E-state index in [9.17, 15) is 0 Å². The molecular formula is C48H33N3O. The van der Waals surface area contributed by atoms with Crippen LogP contribution in [0.25, 0.3) is 89.5 Å². The van der Waals surface area contributed by atoms with Crippen molar-refractivity contribution in [3.05, 3.63) is 175 Å². The molecule has 4 nitrogen and oxygen atoms in total. The van der Waals surface area contributed by atoms with Crippen LogP contribution < -0.4 is 0 Å². The number of benzene rings is 7. The van der Waals surface area contributed by atoms with Gasteiger partial charge in [0.1, 0.15) is 11.2 Å². The molecule has 2 aromatic heterocycles. The van der Waals surface area contributed by atoms with Gasteiger partial charge in [-0.05, 0) is 68.8 Å². The average molecular weight is 673 g/mol. The summed E-state index contributed by atoms with van der Waals surface area (Å²) in [5, 5.41) is 2.09. The SMILES string of the molecule is [2H]c1c([2H])c([2H])c(-c2nc(-c3cccc(-c4ccc5c(c4)oc4cccc(-c6ccccc6)c45)c3)nc(-c3cccc4c3-c3ccccc3C4(C)C)n2)c([2H])c1[2H]. The van der Waals surface area contributed by atoms with Crippen molar-refractivity contribution >= 4 is 21.9 Å². The molecule has 0 amide bonds. The fourth-order valence-corrected chi connectivity index (χ4v) is 7.74. The highest BCUT2D eigenvalue weighted by Crippen LogP contribution is 2.51. The van der Waals surface area contributed by atoms with Gasteiger partial charge in [0, 0.05) is 32.9 Å². The summed E-state index contributed by atoms with van der Waals surface area (Å²) in [5.74, 6) is 0.650. The van der Waals surface area contributed by atoms with Crippen LogP contribution in [-0.2, 0) is 5.41 Å². The van der Waals surface area contributed by atoms with Crippen LogP contribution in [-0.4, -0.2) is 15.0 Å². The van der Waals surface area contributed by atoms with E-state index in [0.29, 0.717) is 17.2 Å². The lowest BCUT2D eigenvalue weighted by molar-refractivity contribution is 0.660. The fourth-order valence-electron chi connectivity index (χ4n) is 7.74. The van der Waals surface area contributed by atoms with Crippen molar-refractivity contribution in [2.75, 3.05) is 0 Å². The molecule has 0 fully saturated rings. The van der Waals surface area contributed by atoms with Crippen molar-refractivity contribution in [1.82, 2.24) is 15.0 Å². The molecule has 0 N–H and O–H groups in total. The zero-order chi connectivity index (χ0) is 39.2. The molecular weight excluding hydrogens is 635 g/mol. The van der Waals surface area contributed by atoms with Crippen LogP contribution in [0.3, 0.4) is 0 Å². The van der Waals surface area contributed by atoms with Gasteiger partial charge in [-0.25, -0.2) is 15.0 Å². The number of aromatic nitrogens is 3. The number of hydrogen-bond donors (Lipinski definition) is 0. The summed E-state index contributed by atoms with van der Waals surface area (Å²) in [7, 11) is 0. The van der Waals surface area contributed by atoms with Gasteiger partial charge in [0.05, 0.1) is 6.85 Å². The molecule has 9 aromatic rings. The molecule has 0 bridgehead atoms. The van der Waals surface area contributed by atoms with Gasteiger partial charge >= 0.3 is 0 Å². The van der Waals surface area contributed by atoms with Crippen LogP contribution in [0, 0.1) is 0 Å². The predicted molar refractivity (Wildman–Crippen MR) is 212 cm³/mol. The summed E-state index contributed by atoms with van der Waals surface area (Å²) < 4.78 is 49.2. The molecule has 0 unspecified atom stereocenters. The molecule has 7 aromatic carbocycles. The lowest BCUT2D eigenvalue weighted by Crippen LogP contribution is -2.14. The summed E-state index contributed by atoms with van der Waals surface area (Å²) in [6, 6.07) is 42.8. The second kappa shape index (κ2) is 11.7. The Hall–Kier alpha value is -6.65. The Morgan fingerprint density at radius 2 is 1.12 bits per heavy atom. The average Bonchev–Trinajstić information content (AvgIpc) is 3.74. The Balaban J connectivity index is 1.15. The number of hydrogen-bond acceptors (Lipinski definition) is 4. The number of furan rings is 1. The zero-order valence-electron chi connectivity index (χ0n) is 33.5. The minimum atomic E-state index is -0.478. The molecule has 0 aliphatic heterocycles. The van der Waals surface area contributed by atoms with Gasteiger partial charge in [0.2, 0.25) is 0 Å². The molecule has 10 rings (SSSR count). The van der Waals surface area contributed by atoms with Gasteiger partial charge in [0.15, 0.2) is 17.5 Å². The van der Waals surface area contributed by atoms with E-state index in [2.05, 4.69) is 62.4 Å². The van der Waals surface area contributed by atoms with E-state index >= 15 is 0 Å². The van der Waals surface area contributed by atoms with Crippen LogP contribution in [0.4, 0.5) is 0 Å². The molecule has 52 heavy (non-hydrogen) atoms. The molecule has 2 heterocycles. The highest BCUT2D eigenvalue weighted by Gasteiger charge is 2.37. The van der Waals surface area contributed by atoms with Crippen molar-refractivity contribution < 1.29 is 11.3 Å². The first kappa shape index (κ1) is 25.3. The molecule has 0 saturated heterocycles. The van der Waals surface area contributed by atoms with Gasteiger partial charge in [-0.2, -0.15) is 0 Å². The normalized spacial score (nSPS) is 14.3. The molecule has 0 radical (unpaired) electrons. The summed E-state index contributed by atoms with van der Waals surface area (Å²) in [4.78, 5) is 14.8. The minimum Gasteiger partial charge on any atom is -0.456 e. The third-order valence-electron chi connectivity index (χ3n) is 10.2. The monoisotopic (exact) mass is 672 g/mol. The number of fused-ring (bicyclic) bond motifs is 6. The van der Waals surface area contributed by atoms with E-state index in [1.165, 1.54) is 5.56 Å². The minimum absolute atomic E-state index is 0.00142. The molecule has 246 valence electrons. The Kier molecular flexibility index (Phi) is 5.70. The van der Waals surface area contributed by atoms with E-state index in [1.807, 2.05) is 84.9 Å². The largest absolute Gasteiger partial charge is 0.456 e. The van der Waals surface area contributed by atoms with E-state index in [0.717, 1.165) is 66.4 Å². The van der Waals surface area contributed by atoms with Crippen LogP contribution in [0.5, 0.6) is 0 Å². The van der Waals surface area contributed by atoms with E-state index < -0.39 is 18.1 Å². The second-order valence-corrected chi connectivity index (χ2v) is 13.6. The van der Waals surface area contributed by atoms with Crippen molar-refractivity contribution in [2.45, 2.75) is 19.3 Å². The summed E-state index contributed by atoms with van der Waals surface area (Å²) in [5.41, 5.74) is 11.1. The Morgan fingerprint density at radius 1 is 0.481 bits per heavy atom. The highest BCUT2D eigenvalue weighted by molar-refractivity contribution is 6.13. The third kappa shape index (κ3) is 4.79. The molecule has 4 heteroatoms. The van der Waals surface area contributed by atoms with E-state index in [1.54, 1.807) is 0 Å². The van der Waals surface area contributed by atoms with Crippen LogP contribution >= 0.6 is 0 Å². The zero-order valence-corrected chi connectivity index (χ0v) is 28.5. The van der Waals surface area contributed by atoms with Crippen molar-refractivity contribution in [2.24, 2.45) is 0 Å². The Morgan fingerprint density at radius 3 is 1.98 bits per heavy atom. The topological polar surface area (TPSA) is 51.8 Å². The second-order valence-electron chi connectivity index (χ2n) is 13.6. The van der Waals surface area contributed by atoms with Crippen molar-refractivity contribution in [3.63, 3.8) is 0 Å². The molecule has 0 spiro atoms. The number of nitrogens with zero attached hydrogens (tertiary/aromatic N) is 3. The Bertz CT molecular complexity index is 3090. The maximum Gasteiger partial charge on any atom is 0.164 e. The first-order valence-corrected chi connectivity index (χ1v) is 17.3. The quantitative estimate of drug-likeness (QED) is 0.183. The van der Waals surface area contributed by atoms with Gasteiger partial charge in [-0.15, -0.1) is 0 Å². The fraction of sp³-hybridized carbons (Fsp3) is 0.0625. The Labute approximate surface area is 309 Å². The van der Waals surface area contributed by atoms with E-state index in [4.69, 9.17) is 26.2 Å². The lowest BCUT2D eigenvalue weighted by Gasteiger charge is -2.21. The smallest absolute Gasteiger partial charge is 0.164 e. The predicted octanol–water partition coefficient (Wildman–Crippen LogP) is 12.4. The van der Waals surface area contributed by atoms with Crippen LogP contribution in [0.15, 0.2) is 168 Å². The lowest BCUT2D eigenvalue weighted by atomic mass is 9.82. The third-order valence-corrected chi connectivity index (χ3v) is 10.2. The van der Waals surface area contributed by atoms with Gasteiger partial charge < -0.3 is 4.42 Å². The molecule has 1 aliphatic carbocycles. The standard InChI is InChI=1S/C48H33N3O/c1-48(2)39-23-10-9-20-36(39)43-38(22-12-24-40(43)48)47-50-45(31-16-7-4-8-17-31)49-46(51-47)34-19-11-18-32(28-34)33-26-27-37-42(29-33)52-41-25-13-21-35(44(37)41)30-14-5-3-6-15-30/h3-29H,1-2H3/i4D,7D,8D,16D,17D. The van der Waals surface area contributed by atoms with Gasteiger partial charge in [-0.3, -0.25) is 0 Å². The first-order valence-electron chi connectivity index (χ1n) is 19.8. The van der Waals surface area contributed by atoms with E-state index in [-0.39, 0.29) is 28.9 Å². The maximum atomic E-state index is 8.83. The highest BCUT2D eigenvalue weighted by atomic mass is 16.3. The van der Waals surface area contributed by atoms with Gasteiger partial charge in [0.25, 0.3) is 0 Å². The van der Waals surface area contributed by atoms with Crippen LogP contribution in [0.1, 0.15) is 31.8 Å². The number of rotatable bonds is 5. The summed E-state index contributed by atoms with van der Waals surface area (Å²) >= 11 is 0. The van der Waals surface area contributed by atoms with Crippen molar-refractivity contribution in [1.29, 1.82) is 0 Å². The molecule has 0 saturated carbocycles. The molecule has 0 atom stereocenters. The summed E-state index contributed by atoms with van der Waals surface area (Å²) in [6.07, 6.45) is 0. The summed E-state index contributed by atoms with van der Waals surface area (Å²) in [6.45, 7) is 4.41. The first-order chi connectivity index (χ1) is 27.6. The van der Waals surface area contributed by atoms with Crippen LogP contribution in [0.2, 0.25) is 0 Å².